The van der Waals surface area contributed by atoms with Crippen molar-refractivity contribution in [3.8, 4) is 44.5 Å². The Balaban J connectivity index is 1.05. The number of benzene rings is 9. The Bertz CT molecular complexity index is 3150. The summed E-state index contributed by atoms with van der Waals surface area (Å²) in [6.45, 7) is 4.72. The Morgan fingerprint density at radius 1 is 0.404 bits per heavy atom. The summed E-state index contributed by atoms with van der Waals surface area (Å²) < 4.78 is 6.37. The third kappa shape index (κ3) is 5.33. The number of nitrogens with zero attached hydrogens (tertiary/aromatic N) is 1. The zero-order chi connectivity index (χ0) is 38.1. The van der Waals surface area contributed by atoms with Gasteiger partial charge in [0.05, 0.1) is 0 Å². The highest BCUT2D eigenvalue weighted by molar-refractivity contribution is 6.12. The van der Waals surface area contributed by atoms with Gasteiger partial charge in [0.2, 0.25) is 0 Å². The van der Waals surface area contributed by atoms with Crippen LogP contribution in [-0.2, 0) is 5.41 Å². The first kappa shape index (κ1) is 33.2. The predicted octanol–water partition coefficient (Wildman–Crippen LogP) is 15.5. The van der Waals surface area contributed by atoms with E-state index in [1.165, 1.54) is 77.2 Å². The first-order valence-electron chi connectivity index (χ1n) is 19.8. The van der Waals surface area contributed by atoms with Crippen LogP contribution in [0.5, 0.6) is 0 Å². The molecule has 0 saturated carbocycles. The molecule has 2 nitrogen and oxygen atoms in total. The van der Waals surface area contributed by atoms with Gasteiger partial charge in [0.1, 0.15) is 11.2 Å². The number of para-hydroxylation sites is 1. The molecule has 0 spiro atoms. The lowest BCUT2D eigenvalue weighted by Crippen LogP contribution is -2.15. The summed E-state index contributed by atoms with van der Waals surface area (Å²) in [6, 6.07) is 72.5. The fourth-order valence-electron chi connectivity index (χ4n) is 9.39. The van der Waals surface area contributed by atoms with E-state index in [0.29, 0.717) is 0 Å². The quantitative estimate of drug-likeness (QED) is 0.169. The maximum Gasteiger partial charge on any atom is 0.135 e. The van der Waals surface area contributed by atoms with Crippen LogP contribution in [0, 0.1) is 0 Å². The van der Waals surface area contributed by atoms with Crippen LogP contribution in [0.15, 0.2) is 205 Å². The molecule has 0 radical (unpaired) electrons. The smallest absolute Gasteiger partial charge is 0.135 e. The molecule has 11 rings (SSSR count). The number of fused-ring (bicyclic) bond motifs is 8. The van der Waals surface area contributed by atoms with Crippen molar-refractivity contribution in [2.24, 2.45) is 0 Å². The zero-order valence-corrected chi connectivity index (χ0v) is 31.9. The molecule has 1 aliphatic carbocycles. The van der Waals surface area contributed by atoms with E-state index in [-0.39, 0.29) is 5.41 Å². The molecule has 1 aliphatic rings. The minimum Gasteiger partial charge on any atom is -0.456 e. The van der Waals surface area contributed by atoms with Crippen LogP contribution in [0.25, 0.3) is 77.2 Å². The summed E-state index contributed by atoms with van der Waals surface area (Å²) >= 11 is 0. The van der Waals surface area contributed by atoms with Gasteiger partial charge in [0, 0.05) is 33.2 Å². The molecular weight excluding hydrogens is 691 g/mol. The topological polar surface area (TPSA) is 16.4 Å². The number of anilines is 3. The second-order valence-corrected chi connectivity index (χ2v) is 15.7. The summed E-state index contributed by atoms with van der Waals surface area (Å²) in [6.07, 6.45) is 0. The van der Waals surface area contributed by atoms with Crippen LogP contribution in [0.1, 0.15) is 25.0 Å². The second kappa shape index (κ2) is 13.0. The summed E-state index contributed by atoms with van der Waals surface area (Å²) in [7, 11) is 0. The van der Waals surface area contributed by atoms with Crippen LogP contribution in [0.2, 0.25) is 0 Å². The highest BCUT2D eigenvalue weighted by Crippen LogP contribution is 2.55. The average Bonchev–Trinajstić information content (AvgIpc) is 3.76. The molecule has 0 aliphatic heterocycles. The van der Waals surface area contributed by atoms with Gasteiger partial charge in [0.15, 0.2) is 0 Å². The van der Waals surface area contributed by atoms with Crippen LogP contribution in [0.4, 0.5) is 17.1 Å². The minimum absolute atomic E-state index is 0.192. The molecule has 0 unspecified atom stereocenters. The van der Waals surface area contributed by atoms with Crippen molar-refractivity contribution in [1.29, 1.82) is 0 Å². The highest BCUT2D eigenvalue weighted by Gasteiger charge is 2.39. The SMILES string of the molecule is CC1(C)c2cccc(-c3ccc(N(c4cccc(-c5ccccc5)c4)c4cccc(-c5cccc6ccccc56)c4)cc3)c2-c2ccc3oc4ccccc4c3c21. The Morgan fingerprint density at radius 3 is 1.86 bits per heavy atom. The number of rotatable bonds is 6. The minimum atomic E-state index is -0.192. The largest absolute Gasteiger partial charge is 0.456 e. The predicted molar refractivity (Wildman–Crippen MR) is 240 cm³/mol. The summed E-state index contributed by atoms with van der Waals surface area (Å²) in [5, 5.41) is 4.90. The van der Waals surface area contributed by atoms with Gasteiger partial charge in [-0.15, -0.1) is 0 Å². The molecule has 10 aromatic rings. The van der Waals surface area contributed by atoms with E-state index in [9.17, 15) is 0 Å². The summed E-state index contributed by atoms with van der Waals surface area (Å²) in [4.78, 5) is 2.39. The molecule has 0 bridgehead atoms. The van der Waals surface area contributed by atoms with Gasteiger partial charge in [-0.2, -0.15) is 0 Å². The fraction of sp³-hybridized carbons (Fsp3) is 0.0545. The van der Waals surface area contributed by atoms with Crippen LogP contribution >= 0.6 is 0 Å². The lowest BCUT2D eigenvalue weighted by molar-refractivity contribution is 0.657. The fourth-order valence-corrected chi connectivity index (χ4v) is 9.39. The second-order valence-electron chi connectivity index (χ2n) is 15.7. The molecule has 0 amide bonds. The number of hydrogen-bond acceptors (Lipinski definition) is 2. The summed E-state index contributed by atoms with van der Waals surface area (Å²) in [5.41, 5.74) is 17.5. The van der Waals surface area contributed by atoms with Crippen molar-refractivity contribution in [3.63, 3.8) is 0 Å². The summed E-state index contributed by atoms with van der Waals surface area (Å²) in [5.74, 6) is 0. The van der Waals surface area contributed by atoms with E-state index >= 15 is 0 Å². The van der Waals surface area contributed by atoms with Crippen molar-refractivity contribution in [3.05, 3.63) is 211 Å². The molecule has 57 heavy (non-hydrogen) atoms. The van der Waals surface area contributed by atoms with E-state index in [4.69, 9.17) is 4.42 Å². The van der Waals surface area contributed by atoms with E-state index in [0.717, 1.165) is 28.2 Å². The Labute approximate surface area is 332 Å². The molecule has 1 aromatic heterocycles. The van der Waals surface area contributed by atoms with Crippen LogP contribution < -0.4 is 4.90 Å². The average molecular weight is 730 g/mol. The van der Waals surface area contributed by atoms with Crippen LogP contribution in [-0.4, -0.2) is 0 Å². The lowest BCUT2D eigenvalue weighted by atomic mass is 9.80. The molecule has 0 saturated heterocycles. The molecule has 270 valence electrons. The van der Waals surface area contributed by atoms with Gasteiger partial charge in [-0.1, -0.05) is 166 Å². The normalized spacial score (nSPS) is 12.9. The van der Waals surface area contributed by atoms with Gasteiger partial charge in [-0.05, 0) is 115 Å². The first-order valence-corrected chi connectivity index (χ1v) is 19.8. The first-order chi connectivity index (χ1) is 28.0. The lowest BCUT2D eigenvalue weighted by Gasteiger charge is -2.27. The van der Waals surface area contributed by atoms with E-state index < -0.39 is 0 Å². The van der Waals surface area contributed by atoms with Gasteiger partial charge < -0.3 is 9.32 Å². The number of hydrogen-bond donors (Lipinski definition) is 0. The van der Waals surface area contributed by atoms with Gasteiger partial charge in [0.25, 0.3) is 0 Å². The van der Waals surface area contributed by atoms with Crippen molar-refractivity contribution >= 4 is 49.8 Å². The molecule has 1 heterocycles. The van der Waals surface area contributed by atoms with E-state index in [2.05, 4.69) is 219 Å². The van der Waals surface area contributed by atoms with E-state index in [1.807, 2.05) is 0 Å². The van der Waals surface area contributed by atoms with Gasteiger partial charge >= 0.3 is 0 Å². The maximum absolute atomic E-state index is 6.37. The molecule has 0 fully saturated rings. The van der Waals surface area contributed by atoms with Crippen molar-refractivity contribution in [2.45, 2.75) is 19.3 Å². The monoisotopic (exact) mass is 729 g/mol. The Morgan fingerprint density at radius 2 is 1.04 bits per heavy atom. The maximum atomic E-state index is 6.37. The molecular formula is C55H39NO. The molecule has 0 atom stereocenters. The van der Waals surface area contributed by atoms with Gasteiger partial charge in [-0.25, -0.2) is 0 Å². The molecule has 2 heteroatoms. The van der Waals surface area contributed by atoms with Crippen molar-refractivity contribution in [1.82, 2.24) is 0 Å². The Kier molecular flexibility index (Phi) is 7.55. The third-order valence-electron chi connectivity index (χ3n) is 12.0. The molecule has 9 aromatic carbocycles. The zero-order valence-electron chi connectivity index (χ0n) is 31.9. The van der Waals surface area contributed by atoms with Gasteiger partial charge in [-0.3, -0.25) is 0 Å². The molecule has 0 N–H and O–H groups in total. The van der Waals surface area contributed by atoms with Crippen molar-refractivity contribution in [2.75, 3.05) is 4.90 Å². The van der Waals surface area contributed by atoms with Crippen LogP contribution in [0.3, 0.4) is 0 Å². The third-order valence-corrected chi connectivity index (χ3v) is 12.0. The standard InChI is InChI=1S/C55H39NO/c1-55(2)49-26-13-25-46(52(49)48-32-33-51-53(54(48)55)47-23-8-9-27-50(47)57-51)38-28-30-41(31-29-38)56(42-20-10-18-39(34-42)36-14-4-3-5-15-36)43-21-11-19-40(35-43)45-24-12-17-37-16-6-7-22-44(37)45/h3-35H,1-2H3. The van der Waals surface area contributed by atoms with E-state index in [1.54, 1.807) is 0 Å². The number of furan rings is 1. The Hall–Kier alpha value is -7.16. The highest BCUT2D eigenvalue weighted by atomic mass is 16.3. The van der Waals surface area contributed by atoms with Crippen molar-refractivity contribution < 1.29 is 4.42 Å².